The van der Waals surface area contributed by atoms with E-state index >= 15 is 0 Å². The van der Waals surface area contributed by atoms with Crippen LogP contribution in [0.25, 0.3) is 0 Å². The fourth-order valence-electron chi connectivity index (χ4n) is 6.92. The Labute approximate surface area is 262 Å². The number of urea groups is 2. The normalized spacial score (nSPS) is 23.9. The topological polar surface area (TPSA) is 135 Å². The number of halogens is 3. The standard InChI is InChI=1S/C18H29FN2O3.C14H18F2N2O3/c1-2-24-16(22)15(19)4-3-5-20-17(23)21-18-9-12-6-13(10-18)8-14(7-12)11-18;1-2-21-13(19)12(16)4-3-9-17-14(20)18-11-7-5-10(15)6-8-11/h12-15H,2-11H2,1H3,(H2,20,21,23);5-8,12H,2-4,9H2,1H3,(H2,17,18,20). The second-order valence-electron chi connectivity index (χ2n) is 12.2. The van der Waals surface area contributed by atoms with E-state index < -0.39 is 36.1 Å². The molecule has 0 heterocycles. The molecule has 13 heteroatoms. The van der Waals surface area contributed by atoms with Gasteiger partial charge in [0.15, 0.2) is 12.3 Å². The molecule has 4 N–H and O–H groups in total. The minimum atomic E-state index is -1.67. The fourth-order valence-corrected chi connectivity index (χ4v) is 6.92. The predicted molar refractivity (Wildman–Crippen MR) is 162 cm³/mol. The molecule has 45 heavy (non-hydrogen) atoms. The van der Waals surface area contributed by atoms with Gasteiger partial charge in [0.2, 0.25) is 0 Å². The van der Waals surface area contributed by atoms with Crippen LogP contribution in [0.3, 0.4) is 0 Å². The first-order chi connectivity index (χ1) is 21.5. The summed E-state index contributed by atoms with van der Waals surface area (Å²) in [7, 11) is 0. The molecule has 4 aliphatic rings. The Balaban J connectivity index is 0.000000248. The van der Waals surface area contributed by atoms with E-state index in [-0.39, 0.29) is 44.2 Å². The first-order valence-corrected chi connectivity index (χ1v) is 16.0. The number of ether oxygens (including phenoxy) is 2. The third-order valence-corrected chi connectivity index (χ3v) is 8.44. The van der Waals surface area contributed by atoms with E-state index in [0.717, 1.165) is 37.0 Å². The maximum Gasteiger partial charge on any atom is 0.340 e. The number of carbonyl (C=O) groups excluding carboxylic acids is 4. The van der Waals surface area contributed by atoms with Gasteiger partial charge < -0.3 is 30.7 Å². The van der Waals surface area contributed by atoms with Crippen molar-refractivity contribution >= 4 is 29.7 Å². The summed E-state index contributed by atoms with van der Waals surface area (Å²) in [5.41, 5.74) is 0.440. The van der Waals surface area contributed by atoms with E-state index in [4.69, 9.17) is 0 Å². The van der Waals surface area contributed by atoms with Crippen molar-refractivity contribution in [2.45, 2.75) is 95.9 Å². The Kier molecular flexibility index (Phi) is 14.3. The second-order valence-corrected chi connectivity index (χ2v) is 12.2. The molecule has 4 bridgehead atoms. The maximum atomic E-state index is 13.5. The van der Waals surface area contributed by atoms with E-state index in [1.54, 1.807) is 13.8 Å². The van der Waals surface area contributed by atoms with Gasteiger partial charge in [-0.1, -0.05) is 0 Å². The molecule has 5 rings (SSSR count). The summed E-state index contributed by atoms with van der Waals surface area (Å²) in [6.45, 7) is 4.17. The molecule has 0 aliphatic heterocycles. The van der Waals surface area contributed by atoms with Gasteiger partial charge in [-0.05, 0) is 120 Å². The molecular weight excluding hydrogens is 593 g/mol. The summed E-state index contributed by atoms with van der Waals surface area (Å²) in [6.07, 6.45) is 4.88. The summed E-state index contributed by atoms with van der Waals surface area (Å²) in [4.78, 5) is 45.9. The third kappa shape index (κ3) is 12.1. The molecule has 4 saturated carbocycles. The number of alkyl halides is 2. The van der Waals surface area contributed by atoms with Crippen LogP contribution >= 0.6 is 0 Å². The van der Waals surface area contributed by atoms with Gasteiger partial charge >= 0.3 is 24.0 Å². The lowest BCUT2D eigenvalue weighted by Gasteiger charge is -2.56. The van der Waals surface area contributed by atoms with E-state index in [2.05, 4.69) is 30.7 Å². The van der Waals surface area contributed by atoms with Gasteiger partial charge in [0.1, 0.15) is 5.82 Å². The molecule has 2 unspecified atom stereocenters. The Hall–Kier alpha value is -3.51. The van der Waals surface area contributed by atoms with Crippen LogP contribution in [0.4, 0.5) is 28.4 Å². The van der Waals surface area contributed by atoms with Crippen molar-refractivity contribution in [2.75, 3.05) is 31.6 Å². The van der Waals surface area contributed by atoms with Crippen LogP contribution in [-0.2, 0) is 19.1 Å². The average molecular weight is 641 g/mol. The largest absolute Gasteiger partial charge is 0.464 e. The van der Waals surface area contributed by atoms with Crippen LogP contribution in [0, 0.1) is 23.6 Å². The number of nitrogens with one attached hydrogen (secondary N) is 4. The van der Waals surface area contributed by atoms with Crippen LogP contribution in [0.2, 0.25) is 0 Å². The summed E-state index contributed by atoms with van der Waals surface area (Å²) in [5.74, 6) is 0.271. The Morgan fingerprint density at radius 2 is 1.22 bits per heavy atom. The minimum absolute atomic E-state index is 0.00755. The number of benzene rings is 1. The lowest BCUT2D eigenvalue weighted by molar-refractivity contribution is -0.150. The zero-order valence-electron chi connectivity index (χ0n) is 26.2. The number of amides is 4. The predicted octanol–water partition coefficient (Wildman–Crippen LogP) is 5.56. The van der Waals surface area contributed by atoms with Crippen LogP contribution in [0.1, 0.15) is 78.1 Å². The molecule has 2 atom stereocenters. The zero-order valence-corrected chi connectivity index (χ0v) is 26.2. The number of hydrogen-bond acceptors (Lipinski definition) is 6. The molecule has 4 aliphatic carbocycles. The van der Waals surface area contributed by atoms with Gasteiger partial charge in [-0.25, -0.2) is 32.3 Å². The van der Waals surface area contributed by atoms with E-state index in [9.17, 15) is 32.3 Å². The van der Waals surface area contributed by atoms with Crippen LogP contribution in [0.15, 0.2) is 24.3 Å². The Morgan fingerprint density at radius 3 is 1.67 bits per heavy atom. The number of hydrogen-bond donors (Lipinski definition) is 4. The number of carbonyl (C=O) groups is 4. The highest BCUT2D eigenvalue weighted by atomic mass is 19.1. The van der Waals surface area contributed by atoms with Crippen LogP contribution in [0.5, 0.6) is 0 Å². The third-order valence-electron chi connectivity index (χ3n) is 8.44. The van der Waals surface area contributed by atoms with E-state index in [1.807, 2.05) is 0 Å². The van der Waals surface area contributed by atoms with Crippen molar-refractivity contribution in [3.8, 4) is 0 Å². The van der Waals surface area contributed by atoms with Crippen molar-refractivity contribution < 1.29 is 41.8 Å². The smallest absolute Gasteiger partial charge is 0.340 e. The summed E-state index contributed by atoms with van der Waals surface area (Å²) >= 11 is 0. The molecule has 10 nitrogen and oxygen atoms in total. The SMILES string of the molecule is CCOC(=O)C(F)CCCNC(=O)NC12CC3CC(CC(C3)C1)C2.CCOC(=O)C(F)CCCNC(=O)Nc1ccc(F)cc1. The summed E-state index contributed by atoms with van der Waals surface area (Å²) < 4.78 is 48.6. The summed E-state index contributed by atoms with van der Waals surface area (Å²) in [5, 5.41) is 11.0. The molecule has 1 aromatic carbocycles. The number of anilines is 1. The fraction of sp³-hybridized carbons (Fsp3) is 0.688. The molecule has 0 saturated heterocycles. The van der Waals surface area contributed by atoms with Crippen molar-refractivity contribution in [3.05, 3.63) is 30.1 Å². The number of esters is 2. The number of rotatable bonds is 14. The molecule has 0 spiro atoms. The van der Waals surface area contributed by atoms with Gasteiger partial charge in [-0.15, -0.1) is 0 Å². The van der Waals surface area contributed by atoms with Crippen molar-refractivity contribution in [2.24, 2.45) is 17.8 Å². The molecule has 252 valence electrons. The molecular formula is C32H47F3N4O6. The highest BCUT2D eigenvalue weighted by Gasteiger charge is 2.51. The highest BCUT2D eigenvalue weighted by molar-refractivity contribution is 5.89. The molecule has 0 aromatic heterocycles. The van der Waals surface area contributed by atoms with Gasteiger partial charge in [-0.2, -0.15) is 0 Å². The molecule has 4 amide bonds. The molecule has 4 fully saturated rings. The minimum Gasteiger partial charge on any atom is -0.464 e. The average Bonchev–Trinajstić information content (AvgIpc) is 2.98. The van der Waals surface area contributed by atoms with Crippen molar-refractivity contribution in [3.63, 3.8) is 0 Å². The highest BCUT2D eigenvalue weighted by Crippen LogP contribution is 2.55. The van der Waals surface area contributed by atoms with Gasteiger partial charge in [0.05, 0.1) is 13.2 Å². The van der Waals surface area contributed by atoms with Crippen LogP contribution in [-0.4, -0.2) is 68.2 Å². The van der Waals surface area contributed by atoms with E-state index in [1.165, 1.54) is 43.5 Å². The lowest BCUT2D eigenvalue weighted by Crippen LogP contribution is -2.61. The van der Waals surface area contributed by atoms with Crippen molar-refractivity contribution in [1.82, 2.24) is 16.0 Å². The Morgan fingerprint density at radius 1 is 0.778 bits per heavy atom. The van der Waals surface area contributed by atoms with Gasteiger partial charge in [0, 0.05) is 24.3 Å². The van der Waals surface area contributed by atoms with Crippen molar-refractivity contribution in [1.29, 1.82) is 0 Å². The maximum absolute atomic E-state index is 13.5. The molecule has 1 aromatic rings. The monoisotopic (exact) mass is 640 g/mol. The van der Waals surface area contributed by atoms with Gasteiger partial charge in [-0.3, -0.25) is 0 Å². The Bertz CT molecular complexity index is 1090. The van der Waals surface area contributed by atoms with Gasteiger partial charge in [0.25, 0.3) is 0 Å². The zero-order chi connectivity index (χ0) is 32.8. The van der Waals surface area contributed by atoms with E-state index in [0.29, 0.717) is 25.1 Å². The first-order valence-electron chi connectivity index (χ1n) is 16.0. The summed E-state index contributed by atoms with van der Waals surface area (Å²) in [6, 6.07) is 4.67. The first kappa shape index (κ1) is 36.0. The second kappa shape index (κ2) is 17.8. The molecule has 0 radical (unpaired) electrons. The van der Waals surface area contributed by atoms with Crippen LogP contribution < -0.4 is 21.3 Å². The quantitative estimate of drug-likeness (QED) is 0.155. The lowest BCUT2D eigenvalue weighted by atomic mass is 9.53.